The lowest BCUT2D eigenvalue weighted by Crippen LogP contribution is -1.94. The maximum absolute atomic E-state index is 9.37. The predicted molar refractivity (Wildman–Crippen MR) is 81.5 cm³/mol. The number of hydrogen-bond donors (Lipinski definition) is 2. The zero-order valence-corrected chi connectivity index (χ0v) is 11.6. The fraction of sp³-hybridized carbons (Fsp3) is 0.0714. The number of nitrogens with one attached hydrogen (secondary N) is 1. The van der Waals surface area contributed by atoms with Crippen LogP contribution >= 0.6 is 11.3 Å². The Bertz CT molecular complexity index is 782. The largest absolute Gasteiger partial charge is 0.508 e. The fourth-order valence-electron chi connectivity index (χ4n) is 1.82. The van der Waals surface area contributed by atoms with E-state index in [4.69, 9.17) is 0 Å². The van der Waals surface area contributed by atoms with Crippen molar-refractivity contribution in [1.29, 1.82) is 0 Å². The summed E-state index contributed by atoms with van der Waals surface area (Å²) in [5, 5.41) is 15.6. The first-order valence-electron chi connectivity index (χ1n) is 6.01. The van der Waals surface area contributed by atoms with Gasteiger partial charge in [-0.15, -0.1) is 11.3 Å². The molecule has 0 amide bonds. The molecule has 0 atom stereocenters. The second kappa shape index (κ2) is 5.26. The Labute approximate surface area is 119 Å². The third-order valence-corrected chi connectivity index (χ3v) is 3.88. The Kier molecular flexibility index (Phi) is 3.30. The molecule has 100 valence electrons. The summed E-state index contributed by atoms with van der Waals surface area (Å²) in [4.78, 5) is 8.45. The molecule has 0 saturated heterocycles. The van der Waals surface area contributed by atoms with Crippen molar-refractivity contribution in [3.8, 4) is 5.75 Å². The monoisotopic (exact) mass is 284 g/mol. The van der Waals surface area contributed by atoms with Gasteiger partial charge in [-0.2, -0.15) is 5.10 Å². The molecule has 1 aromatic carbocycles. The molecule has 2 aromatic heterocycles. The van der Waals surface area contributed by atoms with Crippen molar-refractivity contribution in [3.05, 3.63) is 47.1 Å². The second-order valence-electron chi connectivity index (χ2n) is 4.28. The second-order valence-corrected chi connectivity index (χ2v) is 5.16. The Balaban J connectivity index is 1.83. The molecule has 0 aliphatic carbocycles. The first-order valence-corrected chi connectivity index (χ1v) is 6.89. The zero-order valence-electron chi connectivity index (χ0n) is 10.7. The minimum atomic E-state index is 0.215. The topological polar surface area (TPSA) is 70.4 Å². The van der Waals surface area contributed by atoms with Crippen LogP contribution in [0, 0.1) is 6.92 Å². The highest BCUT2D eigenvalue weighted by atomic mass is 32.1. The number of phenols is 1. The standard InChI is InChI=1S/C14H12N4OS/c1-9-7-20-13-12(9)15-8-16-14(13)18-17-6-10-3-2-4-11(19)5-10/h2-8,19H,1H3,(H,15,16,18). The van der Waals surface area contributed by atoms with E-state index in [1.54, 1.807) is 35.8 Å². The molecular formula is C14H12N4OS. The van der Waals surface area contributed by atoms with Gasteiger partial charge in [-0.05, 0) is 35.6 Å². The van der Waals surface area contributed by atoms with Crippen LogP contribution < -0.4 is 5.43 Å². The van der Waals surface area contributed by atoms with Crippen molar-refractivity contribution in [1.82, 2.24) is 9.97 Å². The van der Waals surface area contributed by atoms with Crippen LogP contribution in [0.4, 0.5) is 5.82 Å². The Hall–Kier alpha value is -2.47. The number of rotatable bonds is 3. The number of nitrogens with zero attached hydrogens (tertiary/aromatic N) is 3. The van der Waals surface area contributed by atoms with Gasteiger partial charge in [0.1, 0.15) is 12.1 Å². The summed E-state index contributed by atoms with van der Waals surface area (Å²) >= 11 is 1.59. The van der Waals surface area contributed by atoms with Crippen molar-refractivity contribution < 1.29 is 5.11 Å². The smallest absolute Gasteiger partial charge is 0.167 e. The van der Waals surface area contributed by atoms with Gasteiger partial charge in [0.25, 0.3) is 0 Å². The molecule has 0 bridgehead atoms. The van der Waals surface area contributed by atoms with E-state index in [1.165, 1.54) is 6.33 Å². The highest BCUT2D eigenvalue weighted by Gasteiger charge is 2.06. The van der Waals surface area contributed by atoms with Crippen molar-refractivity contribution >= 4 is 33.6 Å². The lowest BCUT2D eigenvalue weighted by Gasteiger charge is -2.00. The van der Waals surface area contributed by atoms with Crippen LogP contribution in [0.25, 0.3) is 10.2 Å². The molecule has 3 aromatic rings. The molecule has 0 radical (unpaired) electrons. The van der Waals surface area contributed by atoms with Gasteiger partial charge in [0, 0.05) is 0 Å². The van der Waals surface area contributed by atoms with Gasteiger partial charge in [-0.3, -0.25) is 5.43 Å². The summed E-state index contributed by atoms with van der Waals surface area (Å²) in [5.74, 6) is 0.900. The van der Waals surface area contributed by atoms with E-state index in [9.17, 15) is 5.11 Å². The van der Waals surface area contributed by atoms with Crippen molar-refractivity contribution in [2.45, 2.75) is 6.92 Å². The quantitative estimate of drug-likeness (QED) is 0.572. The molecule has 0 fully saturated rings. The SMILES string of the molecule is Cc1csc2c(NN=Cc3cccc(O)c3)ncnc12. The summed E-state index contributed by atoms with van der Waals surface area (Å²) in [6.07, 6.45) is 3.16. The molecule has 6 heteroatoms. The maximum atomic E-state index is 9.37. The molecule has 0 aliphatic heterocycles. The summed E-state index contributed by atoms with van der Waals surface area (Å²) in [6, 6.07) is 6.88. The first-order chi connectivity index (χ1) is 9.74. The number of aromatic hydroxyl groups is 1. The summed E-state index contributed by atoms with van der Waals surface area (Å²) < 4.78 is 0.984. The Morgan fingerprint density at radius 2 is 2.25 bits per heavy atom. The summed E-state index contributed by atoms with van der Waals surface area (Å²) in [7, 11) is 0. The fourth-order valence-corrected chi connectivity index (χ4v) is 2.76. The summed E-state index contributed by atoms with van der Waals surface area (Å²) in [6.45, 7) is 2.02. The summed E-state index contributed by atoms with van der Waals surface area (Å²) in [5.41, 5.74) is 5.80. The molecule has 0 aliphatic rings. The highest BCUT2D eigenvalue weighted by Crippen LogP contribution is 2.28. The predicted octanol–water partition coefficient (Wildman–Crippen LogP) is 3.15. The average Bonchev–Trinajstić information content (AvgIpc) is 2.82. The molecule has 5 nitrogen and oxygen atoms in total. The molecule has 0 saturated carbocycles. The van der Waals surface area contributed by atoms with Crippen LogP contribution in [0.5, 0.6) is 5.75 Å². The molecule has 20 heavy (non-hydrogen) atoms. The number of aryl methyl sites for hydroxylation is 1. The third-order valence-electron chi connectivity index (χ3n) is 2.79. The van der Waals surface area contributed by atoms with Crippen molar-refractivity contribution in [2.24, 2.45) is 5.10 Å². The van der Waals surface area contributed by atoms with Crippen LogP contribution in [0.1, 0.15) is 11.1 Å². The molecule has 0 spiro atoms. The number of benzene rings is 1. The zero-order chi connectivity index (χ0) is 13.9. The van der Waals surface area contributed by atoms with Crippen molar-refractivity contribution in [3.63, 3.8) is 0 Å². The van der Waals surface area contributed by atoms with E-state index >= 15 is 0 Å². The number of phenolic OH excluding ortho intramolecular Hbond substituents is 1. The van der Waals surface area contributed by atoms with Crippen LogP contribution in [0.15, 0.2) is 41.1 Å². The Morgan fingerprint density at radius 1 is 1.35 bits per heavy atom. The molecule has 0 unspecified atom stereocenters. The minimum Gasteiger partial charge on any atom is -0.508 e. The van der Waals surface area contributed by atoms with E-state index in [1.807, 2.05) is 18.4 Å². The van der Waals surface area contributed by atoms with Gasteiger partial charge in [0.2, 0.25) is 0 Å². The van der Waals surface area contributed by atoms with Gasteiger partial charge < -0.3 is 5.11 Å². The maximum Gasteiger partial charge on any atom is 0.167 e. The van der Waals surface area contributed by atoms with Crippen LogP contribution in [0.2, 0.25) is 0 Å². The van der Waals surface area contributed by atoms with E-state index in [0.717, 1.165) is 21.3 Å². The van der Waals surface area contributed by atoms with Gasteiger partial charge in [0.05, 0.1) is 16.4 Å². The number of anilines is 1. The lowest BCUT2D eigenvalue weighted by atomic mass is 10.2. The van der Waals surface area contributed by atoms with E-state index < -0.39 is 0 Å². The molecule has 2 heterocycles. The lowest BCUT2D eigenvalue weighted by molar-refractivity contribution is 0.475. The van der Waals surface area contributed by atoms with E-state index in [0.29, 0.717) is 5.82 Å². The number of thiophene rings is 1. The number of hydrogen-bond acceptors (Lipinski definition) is 6. The normalized spacial score (nSPS) is 11.2. The van der Waals surface area contributed by atoms with Crippen LogP contribution in [-0.2, 0) is 0 Å². The van der Waals surface area contributed by atoms with E-state index in [2.05, 4.69) is 20.5 Å². The minimum absolute atomic E-state index is 0.215. The number of aromatic nitrogens is 2. The van der Waals surface area contributed by atoms with Crippen LogP contribution in [-0.4, -0.2) is 21.3 Å². The molecular weight excluding hydrogens is 272 g/mol. The Morgan fingerprint density at radius 3 is 3.10 bits per heavy atom. The van der Waals surface area contributed by atoms with Crippen molar-refractivity contribution in [2.75, 3.05) is 5.43 Å². The average molecular weight is 284 g/mol. The van der Waals surface area contributed by atoms with E-state index in [-0.39, 0.29) is 5.75 Å². The van der Waals surface area contributed by atoms with Gasteiger partial charge in [-0.1, -0.05) is 12.1 Å². The number of fused-ring (bicyclic) bond motifs is 1. The first kappa shape index (κ1) is 12.6. The molecule has 3 rings (SSSR count). The molecule has 2 N–H and O–H groups in total. The van der Waals surface area contributed by atoms with Gasteiger partial charge in [-0.25, -0.2) is 9.97 Å². The highest BCUT2D eigenvalue weighted by molar-refractivity contribution is 7.18. The number of hydrazone groups is 1. The van der Waals surface area contributed by atoms with Gasteiger partial charge >= 0.3 is 0 Å². The van der Waals surface area contributed by atoms with Crippen LogP contribution in [0.3, 0.4) is 0 Å². The van der Waals surface area contributed by atoms with Gasteiger partial charge in [0.15, 0.2) is 5.82 Å². The third kappa shape index (κ3) is 2.46.